The molecule has 1 atom stereocenters. The molecular weight excluding hydrogens is 285 g/mol. The third-order valence-corrected chi connectivity index (χ3v) is 4.56. The topological polar surface area (TPSA) is 29.3 Å². The minimum atomic E-state index is -0.197. The third-order valence-electron chi connectivity index (χ3n) is 3.67. The van der Waals surface area contributed by atoms with Crippen LogP contribution in [0.15, 0.2) is 30.5 Å². The van der Waals surface area contributed by atoms with Gasteiger partial charge in [0.2, 0.25) is 0 Å². The van der Waals surface area contributed by atoms with Crippen molar-refractivity contribution in [2.45, 2.75) is 33.4 Å². The second kappa shape index (κ2) is 5.58. The Morgan fingerprint density at radius 2 is 2.19 bits per heavy atom. The van der Waals surface area contributed by atoms with E-state index in [1.165, 1.54) is 10.9 Å². The predicted molar refractivity (Wildman–Crippen MR) is 84.2 cm³/mol. The van der Waals surface area contributed by atoms with Crippen LogP contribution in [0, 0.1) is 19.7 Å². The predicted octanol–water partition coefficient (Wildman–Crippen LogP) is 4.00. The van der Waals surface area contributed by atoms with Gasteiger partial charge in [0.1, 0.15) is 5.82 Å². The zero-order valence-corrected chi connectivity index (χ0v) is 13.2. The summed E-state index contributed by atoms with van der Waals surface area (Å²) in [7, 11) is 0. The molecule has 1 N–H and O–H groups in total. The average Bonchev–Trinajstić information content (AvgIpc) is 2.91. The van der Waals surface area contributed by atoms with Crippen molar-refractivity contribution in [1.29, 1.82) is 0 Å². The van der Waals surface area contributed by atoms with E-state index in [1.807, 2.05) is 19.9 Å². The van der Waals surface area contributed by atoms with Crippen LogP contribution in [-0.4, -0.2) is 9.38 Å². The van der Waals surface area contributed by atoms with Gasteiger partial charge < -0.3 is 5.32 Å². The van der Waals surface area contributed by atoms with Gasteiger partial charge in [-0.2, -0.15) is 0 Å². The van der Waals surface area contributed by atoms with Crippen molar-refractivity contribution >= 4 is 16.3 Å². The van der Waals surface area contributed by atoms with Gasteiger partial charge in [0, 0.05) is 23.7 Å². The highest BCUT2D eigenvalue weighted by Gasteiger charge is 2.12. The highest BCUT2D eigenvalue weighted by molar-refractivity contribution is 7.17. The monoisotopic (exact) mass is 303 g/mol. The standard InChI is InChI=1S/C16H18FN3S/c1-10-9-20-15(12(3)19-16(20)21-10)8-18-11(2)13-5-4-6-14(17)7-13/h4-7,9,11,18H,8H2,1-3H3/t11-/m1/s1. The first-order valence-electron chi connectivity index (χ1n) is 6.97. The van der Waals surface area contributed by atoms with Gasteiger partial charge in [-0.3, -0.25) is 4.40 Å². The number of fused-ring (bicyclic) bond motifs is 1. The van der Waals surface area contributed by atoms with Gasteiger partial charge in [-0.15, -0.1) is 11.3 Å². The van der Waals surface area contributed by atoms with Crippen LogP contribution in [0.1, 0.15) is 34.8 Å². The van der Waals surface area contributed by atoms with Crippen LogP contribution in [-0.2, 0) is 6.54 Å². The Labute approximate surface area is 127 Å². The number of nitrogens with one attached hydrogen (secondary N) is 1. The summed E-state index contributed by atoms with van der Waals surface area (Å²) in [5.41, 5.74) is 3.16. The van der Waals surface area contributed by atoms with Gasteiger partial charge >= 0.3 is 0 Å². The molecule has 0 saturated carbocycles. The molecule has 2 aromatic heterocycles. The molecule has 5 heteroatoms. The molecule has 0 aliphatic heterocycles. The normalized spacial score (nSPS) is 13.0. The number of rotatable bonds is 4. The quantitative estimate of drug-likeness (QED) is 0.789. The minimum absolute atomic E-state index is 0.0883. The van der Waals surface area contributed by atoms with E-state index in [4.69, 9.17) is 0 Å². The van der Waals surface area contributed by atoms with E-state index in [2.05, 4.69) is 27.8 Å². The highest BCUT2D eigenvalue weighted by Crippen LogP contribution is 2.21. The molecule has 0 aliphatic carbocycles. The molecule has 0 fully saturated rings. The summed E-state index contributed by atoms with van der Waals surface area (Å²) >= 11 is 1.69. The first-order chi connectivity index (χ1) is 10.0. The second-order valence-electron chi connectivity index (χ2n) is 5.30. The Hall–Kier alpha value is -1.72. The maximum absolute atomic E-state index is 13.3. The van der Waals surface area contributed by atoms with Crippen molar-refractivity contribution in [3.63, 3.8) is 0 Å². The summed E-state index contributed by atoms with van der Waals surface area (Å²) in [5.74, 6) is -0.197. The summed E-state index contributed by atoms with van der Waals surface area (Å²) < 4.78 is 15.4. The maximum Gasteiger partial charge on any atom is 0.194 e. The Balaban J connectivity index is 1.78. The summed E-state index contributed by atoms with van der Waals surface area (Å²) in [5, 5.41) is 3.45. The molecule has 1 aromatic carbocycles. The summed E-state index contributed by atoms with van der Waals surface area (Å²) in [4.78, 5) is 6.86. The molecule has 110 valence electrons. The lowest BCUT2D eigenvalue weighted by atomic mass is 10.1. The number of nitrogens with zero attached hydrogens (tertiary/aromatic N) is 2. The summed E-state index contributed by atoms with van der Waals surface area (Å²) in [6.45, 7) is 6.86. The van der Waals surface area contributed by atoms with E-state index in [1.54, 1.807) is 23.5 Å². The van der Waals surface area contributed by atoms with Gasteiger partial charge in [-0.05, 0) is 38.5 Å². The molecule has 0 amide bonds. The van der Waals surface area contributed by atoms with Gasteiger partial charge in [-0.1, -0.05) is 12.1 Å². The molecule has 0 unspecified atom stereocenters. The molecule has 0 radical (unpaired) electrons. The highest BCUT2D eigenvalue weighted by atomic mass is 32.1. The SMILES string of the molecule is Cc1cn2c(CN[C@H](C)c3cccc(F)c3)c(C)nc2s1. The number of thiazole rings is 1. The van der Waals surface area contributed by atoms with Crippen LogP contribution in [0.5, 0.6) is 0 Å². The first kappa shape index (κ1) is 14.2. The van der Waals surface area contributed by atoms with Gasteiger partial charge in [0.25, 0.3) is 0 Å². The lowest BCUT2D eigenvalue weighted by Gasteiger charge is -2.14. The van der Waals surface area contributed by atoms with Crippen LogP contribution in [0.25, 0.3) is 4.96 Å². The molecule has 21 heavy (non-hydrogen) atoms. The fourth-order valence-corrected chi connectivity index (χ4v) is 3.36. The Morgan fingerprint density at radius 3 is 2.95 bits per heavy atom. The van der Waals surface area contributed by atoms with E-state index in [9.17, 15) is 4.39 Å². The van der Waals surface area contributed by atoms with E-state index < -0.39 is 0 Å². The lowest BCUT2D eigenvalue weighted by molar-refractivity contribution is 0.556. The molecule has 3 nitrogen and oxygen atoms in total. The molecule has 2 heterocycles. The summed E-state index contributed by atoms with van der Waals surface area (Å²) in [6, 6.07) is 6.81. The number of imidazole rings is 1. The van der Waals surface area contributed by atoms with Crippen LogP contribution in [0.2, 0.25) is 0 Å². The smallest absolute Gasteiger partial charge is 0.194 e. The van der Waals surface area contributed by atoms with Crippen LogP contribution in [0.4, 0.5) is 4.39 Å². The third kappa shape index (κ3) is 2.84. The molecule has 3 rings (SSSR count). The minimum Gasteiger partial charge on any atom is -0.305 e. The number of hydrogen-bond donors (Lipinski definition) is 1. The molecule has 0 aliphatic rings. The van der Waals surface area contributed by atoms with E-state index in [-0.39, 0.29) is 11.9 Å². The van der Waals surface area contributed by atoms with Crippen molar-refractivity contribution in [3.8, 4) is 0 Å². The van der Waals surface area contributed by atoms with Crippen molar-refractivity contribution in [2.24, 2.45) is 0 Å². The van der Waals surface area contributed by atoms with E-state index in [0.717, 1.165) is 21.9 Å². The average molecular weight is 303 g/mol. The van der Waals surface area contributed by atoms with E-state index in [0.29, 0.717) is 6.54 Å². The summed E-state index contributed by atoms with van der Waals surface area (Å²) in [6.07, 6.45) is 2.11. The van der Waals surface area contributed by atoms with Crippen molar-refractivity contribution in [3.05, 3.63) is 58.1 Å². The first-order valence-corrected chi connectivity index (χ1v) is 7.79. The molecule has 0 saturated heterocycles. The van der Waals surface area contributed by atoms with Crippen molar-refractivity contribution in [1.82, 2.24) is 14.7 Å². The Morgan fingerprint density at radius 1 is 1.38 bits per heavy atom. The molecular formula is C16H18FN3S. The molecule has 0 spiro atoms. The largest absolute Gasteiger partial charge is 0.305 e. The van der Waals surface area contributed by atoms with Crippen LogP contribution in [0.3, 0.4) is 0 Å². The fraction of sp³-hybridized carbons (Fsp3) is 0.312. The molecule has 0 bridgehead atoms. The number of benzene rings is 1. The molecule has 3 aromatic rings. The van der Waals surface area contributed by atoms with Gasteiger partial charge in [0.05, 0.1) is 11.4 Å². The number of halogens is 1. The number of hydrogen-bond acceptors (Lipinski definition) is 3. The second-order valence-corrected chi connectivity index (χ2v) is 6.51. The van der Waals surface area contributed by atoms with E-state index >= 15 is 0 Å². The Bertz CT molecular complexity index is 775. The van der Waals surface area contributed by atoms with Gasteiger partial charge in [0.15, 0.2) is 4.96 Å². The maximum atomic E-state index is 13.3. The number of aryl methyl sites for hydroxylation is 2. The number of aromatic nitrogens is 2. The van der Waals surface area contributed by atoms with Gasteiger partial charge in [-0.25, -0.2) is 9.37 Å². The lowest BCUT2D eigenvalue weighted by Crippen LogP contribution is -2.19. The van der Waals surface area contributed by atoms with Crippen LogP contribution < -0.4 is 5.32 Å². The Kier molecular flexibility index (Phi) is 3.78. The fourth-order valence-electron chi connectivity index (χ4n) is 2.47. The van der Waals surface area contributed by atoms with Crippen molar-refractivity contribution in [2.75, 3.05) is 0 Å². The van der Waals surface area contributed by atoms with Crippen LogP contribution >= 0.6 is 11.3 Å². The zero-order valence-electron chi connectivity index (χ0n) is 12.4. The zero-order chi connectivity index (χ0) is 15.0. The van der Waals surface area contributed by atoms with Crippen molar-refractivity contribution < 1.29 is 4.39 Å².